The van der Waals surface area contributed by atoms with Crippen LogP contribution in [0.15, 0.2) is 6.20 Å². The number of primary amides is 1. The fraction of sp³-hybridized carbons (Fsp3) is 0.143. The summed E-state index contributed by atoms with van der Waals surface area (Å²) >= 11 is 0. The molecule has 0 spiro atoms. The van der Waals surface area contributed by atoms with Gasteiger partial charge in [0, 0.05) is 6.20 Å². The van der Waals surface area contributed by atoms with Gasteiger partial charge in [0.05, 0.1) is 11.3 Å². The normalized spacial score (nSPS) is 10.5. The first kappa shape index (κ1) is 10.2. The monoisotopic (exact) mass is 203 g/mol. The number of pyridine rings is 1. The van der Waals surface area contributed by atoms with Crippen molar-refractivity contribution in [3.63, 3.8) is 0 Å². The van der Waals surface area contributed by atoms with Gasteiger partial charge in [-0.3, -0.25) is 4.79 Å². The van der Waals surface area contributed by atoms with Gasteiger partial charge in [0.2, 0.25) is 0 Å². The molecule has 1 amide bonds. The minimum Gasteiger partial charge on any atom is -0.504 e. The molecule has 0 fully saturated rings. The van der Waals surface area contributed by atoms with Crippen molar-refractivity contribution < 1.29 is 18.7 Å². The van der Waals surface area contributed by atoms with Crippen LogP contribution in [0.2, 0.25) is 0 Å². The fourth-order valence-electron chi connectivity index (χ4n) is 0.883. The predicted molar refractivity (Wildman–Crippen MR) is 43.8 cm³/mol. The van der Waals surface area contributed by atoms with Crippen LogP contribution in [0.25, 0.3) is 0 Å². The fourth-order valence-corrected chi connectivity index (χ4v) is 0.883. The van der Waals surface area contributed by atoms with E-state index in [0.29, 0.717) is 6.20 Å². The van der Waals surface area contributed by atoms with Gasteiger partial charge in [-0.1, -0.05) is 0 Å². The molecule has 5 N–H and O–H groups in total. The Labute approximate surface area is 77.3 Å². The Morgan fingerprint density at radius 1 is 1.57 bits per heavy atom. The van der Waals surface area contributed by atoms with E-state index in [-0.39, 0.29) is 0 Å². The summed E-state index contributed by atoms with van der Waals surface area (Å²) in [7, 11) is 0. The summed E-state index contributed by atoms with van der Waals surface area (Å²) in [6.07, 6.45) is -2.16. The van der Waals surface area contributed by atoms with Gasteiger partial charge in [-0.05, 0) is 0 Å². The van der Waals surface area contributed by atoms with Crippen LogP contribution in [-0.2, 0) is 0 Å². The van der Waals surface area contributed by atoms with E-state index in [9.17, 15) is 18.7 Å². The number of nitrogen functional groups attached to an aromatic ring is 1. The third kappa shape index (κ3) is 1.56. The molecule has 0 aliphatic rings. The Morgan fingerprint density at radius 3 is 2.57 bits per heavy atom. The van der Waals surface area contributed by atoms with Crippen LogP contribution in [0, 0.1) is 0 Å². The highest BCUT2D eigenvalue weighted by molar-refractivity contribution is 5.95. The largest absolute Gasteiger partial charge is 0.504 e. The average molecular weight is 203 g/mol. The second-order valence-electron chi connectivity index (χ2n) is 2.49. The number of carbonyl (C=O) groups is 1. The van der Waals surface area contributed by atoms with Crippen molar-refractivity contribution in [3.05, 3.63) is 17.5 Å². The number of alkyl halides is 2. The minimum atomic E-state index is -2.87. The number of aromatic hydroxyl groups is 1. The van der Waals surface area contributed by atoms with Crippen LogP contribution >= 0.6 is 0 Å². The molecule has 0 unspecified atom stereocenters. The van der Waals surface area contributed by atoms with E-state index in [1.54, 1.807) is 0 Å². The van der Waals surface area contributed by atoms with Crippen LogP contribution in [0.4, 0.5) is 14.5 Å². The van der Waals surface area contributed by atoms with Gasteiger partial charge in [0.15, 0.2) is 11.4 Å². The molecule has 0 aromatic carbocycles. The van der Waals surface area contributed by atoms with E-state index in [4.69, 9.17) is 11.5 Å². The van der Waals surface area contributed by atoms with Gasteiger partial charge >= 0.3 is 0 Å². The Hall–Kier alpha value is -1.92. The second kappa shape index (κ2) is 3.44. The maximum absolute atomic E-state index is 12.2. The molecule has 5 nitrogen and oxygen atoms in total. The molecule has 1 heterocycles. The van der Waals surface area contributed by atoms with Crippen LogP contribution in [0.5, 0.6) is 5.75 Å². The molecule has 0 aliphatic carbocycles. The lowest BCUT2D eigenvalue weighted by Crippen LogP contribution is -2.14. The maximum atomic E-state index is 12.2. The van der Waals surface area contributed by atoms with E-state index in [2.05, 4.69) is 4.98 Å². The second-order valence-corrected chi connectivity index (χ2v) is 2.49. The van der Waals surface area contributed by atoms with Crippen molar-refractivity contribution in [2.45, 2.75) is 6.43 Å². The predicted octanol–water partition coefficient (Wildman–Crippen LogP) is 0.406. The minimum absolute atomic E-state index is 0.521. The number of halogens is 2. The van der Waals surface area contributed by atoms with E-state index in [1.807, 2.05) is 0 Å². The highest BCUT2D eigenvalue weighted by atomic mass is 19.3. The number of hydrogen-bond donors (Lipinski definition) is 3. The lowest BCUT2D eigenvalue weighted by Gasteiger charge is -2.07. The molecule has 1 rings (SSSR count). The molecule has 0 radical (unpaired) electrons. The van der Waals surface area contributed by atoms with Crippen molar-refractivity contribution in [1.29, 1.82) is 0 Å². The Kier molecular flexibility index (Phi) is 2.50. The van der Waals surface area contributed by atoms with Gasteiger partial charge in [-0.2, -0.15) is 0 Å². The molecule has 1 aromatic rings. The van der Waals surface area contributed by atoms with Gasteiger partial charge in [-0.25, -0.2) is 13.8 Å². The summed E-state index contributed by atoms with van der Waals surface area (Å²) < 4.78 is 24.4. The highest BCUT2D eigenvalue weighted by Crippen LogP contribution is 2.32. The Balaban J connectivity index is 3.33. The molecule has 7 heteroatoms. The van der Waals surface area contributed by atoms with E-state index < -0.39 is 35.0 Å². The van der Waals surface area contributed by atoms with Crippen molar-refractivity contribution in [3.8, 4) is 5.75 Å². The Morgan fingerprint density at radius 2 is 2.14 bits per heavy atom. The SMILES string of the molecule is NC(=O)c1ncc(C(F)F)c(N)c1O. The summed E-state index contributed by atoms with van der Waals surface area (Å²) in [6, 6.07) is 0. The number of nitrogens with two attached hydrogens (primary N) is 2. The lowest BCUT2D eigenvalue weighted by molar-refractivity contribution is 0.0991. The van der Waals surface area contributed by atoms with E-state index in [0.717, 1.165) is 0 Å². The van der Waals surface area contributed by atoms with Crippen molar-refractivity contribution in [2.24, 2.45) is 5.73 Å². The quantitative estimate of drug-likeness (QED) is 0.647. The lowest BCUT2D eigenvalue weighted by atomic mass is 10.2. The average Bonchev–Trinajstić information content (AvgIpc) is 2.08. The van der Waals surface area contributed by atoms with E-state index in [1.165, 1.54) is 0 Å². The van der Waals surface area contributed by atoms with Crippen LogP contribution in [0.1, 0.15) is 22.5 Å². The van der Waals surface area contributed by atoms with Crippen LogP contribution in [0.3, 0.4) is 0 Å². The van der Waals surface area contributed by atoms with Crippen molar-refractivity contribution in [1.82, 2.24) is 4.98 Å². The summed E-state index contributed by atoms with van der Waals surface area (Å²) in [5.41, 5.74) is 8.22. The highest BCUT2D eigenvalue weighted by Gasteiger charge is 2.20. The zero-order chi connectivity index (χ0) is 10.9. The number of amides is 1. The summed E-state index contributed by atoms with van der Waals surface area (Å²) in [6.45, 7) is 0. The molecular weight excluding hydrogens is 196 g/mol. The third-order valence-electron chi connectivity index (χ3n) is 1.59. The first-order valence-corrected chi connectivity index (χ1v) is 3.50. The van der Waals surface area contributed by atoms with Crippen molar-refractivity contribution >= 4 is 11.6 Å². The molecule has 0 atom stereocenters. The van der Waals surface area contributed by atoms with Gasteiger partial charge in [0.25, 0.3) is 12.3 Å². The molecule has 76 valence electrons. The topological polar surface area (TPSA) is 102 Å². The van der Waals surface area contributed by atoms with Gasteiger partial charge in [-0.15, -0.1) is 0 Å². The van der Waals surface area contributed by atoms with Gasteiger partial charge in [0.1, 0.15) is 0 Å². The number of nitrogens with zero attached hydrogens (tertiary/aromatic N) is 1. The van der Waals surface area contributed by atoms with E-state index >= 15 is 0 Å². The summed E-state index contributed by atoms with van der Waals surface area (Å²) in [5.74, 6) is -1.84. The molecule has 0 saturated carbocycles. The first-order valence-electron chi connectivity index (χ1n) is 3.50. The molecular formula is C7H7F2N3O2. The Bertz CT molecular complexity index is 381. The van der Waals surface area contributed by atoms with Crippen LogP contribution in [-0.4, -0.2) is 16.0 Å². The number of anilines is 1. The molecule has 0 saturated heterocycles. The third-order valence-corrected chi connectivity index (χ3v) is 1.59. The zero-order valence-electron chi connectivity index (χ0n) is 6.87. The number of aromatic nitrogens is 1. The standard InChI is InChI=1S/C7H7F2N3O2/c8-6(9)2-1-12-4(7(11)14)5(13)3(2)10/h1,6,13H,(H2,10,12)(H2,11,14). The molecule has 0 aliphatic heterocycles. The zero-order valence-corrected chi connectivity index (χ0v) is 6.87. The number of hydrogen-bond acceptors (Lipinski definition) is 4. The van der Waals surface area contributed by atoms with Gasteiger partial charge < -0.3 is 16.6 Å². The first-order chi connectivity index (χ1) is 6.45. The maximum Gasteiger partial charge on any atom is 0.271 e. The number of carbonyl (C=O) groups excluding carboxylic acids is 1. The van der Waals surface area contributed by atoms with Crippen LogP contribution < -0.4 is 11.5 Å². The molecule has 1 aromatic heterocycles. The molecule has 14 heavy (non-hydrogen) atoms. The molecule has 0 bridgehead atoms. The summed E-state index contributed by atoms with van der Waals surface area (Å²) in [4.78, 5) is 13.9. The van der Waals surface area contributed by atoms with Crippen molar-refractivity contribution in [2.75, 3.05) is 5.73 Å². The number of rotatable bonds is 2. The summed E-state index contributed by atoms with van der Waals surface area (Å²) in [5, 5.41) is 9.18. The smallest absolute Gasteiger partial charge is 0.271 e.